The van der Waals surface area contributed by atoms with Crippen molar-refractivity contribution in [3.63, 3.8) is 0 Å². The number of carbonyl (C=O) groups excluding carboxylic acids is 1. The van der Waals surface area contributed by atoms with Gasteiger partial charge in [0, 0.05) is 6.54 Å². The number of amides is 1. The van der Waals surface area contributed by atoms with Gasteiger partial charge in [-0.1, -0.05) is 26.0 Å². The molecule has 116 valence electrons. The molecule has 1 aromatic carbocycles. The first-order valence-corrected chi connectivity index (χ1v) is 7.52. The lowest BCUT2D eigenvalue weighted by atomic mass is 9.81. The van der Waals surface area contributed by atoms with E-state index < -0.39 is 5.41 Å². The maximum Gasteiger partial charge on any atom is 0.227 e. The van der Waals surface area contributed by atoms with E-state index in [9.17, 15) is 4.79 Å². The van der Waals surface area contributed by atoms with Crippen molar-refractivity contribution in [2.24, 2.45) is 11.1 Å². The van der Waals surface area contributed by atoms with Gasteiger partial charge in [-0.3, -0.25) is 4.79 Å². The lowest BCUT2D eigenvalue weighted by Gasteiger charge is -2.31. The molecular weight excluding hydrogens is 268 g/mol. The first-order valence-electron chi connectivity index (χ1n) is 7.52. The Kier molecular flexibility index (Phi) is 5.07. The summed E-state index contributed by atoms with van der Waals surface area (Å²) in [4.78, 5) is 12.4. The van der Waals surface area contributed by atoms with Crippen LogP contribution >= 0.6 is 0 Å². The van der Waals surface area contributed by atoms with Gasteiger partial charge in [0.25, 0.3) is 0 Å². The van der Waals surface area contributed by atoms with Crippen molar-refractivity contribution in [1.29, 1.82) is 0 Å². The standard InChI is InChI=1S/C16H24N2O3/c1-3-16(4-2,11-17)15(19)18-9-12-10-20-13-7-5-6-8-14(13)21-12/h5-8,12H,3-4,9-11,17H2,1-2H3,(H,18,19). The number of rotatable bonds is 6. The van der Waals surface area contributed by atoms with Crippen LogP contribution in [-0.2, 0) is 4.79 Å². The second-order valence-corrected chi connectivity index (χ2v) is 5.40. The summed E-state index contributed by atoms with van der Waals surface area (Å²) < 4.78 is 11.5. The van der Waals surface area contributed by atoms with Gasteiger partial charge in [-0.05, 0) is 25.0 Å². The van der Waals surface area contributed by atoms with Crippen molar-refractivity contribution in [2.75, 3.05) is 19.7 Å². The summed E-state index contributed by atoms with van der Waals surface area (Å²) in [5.74, 6) is 1.47. The Morgan fingerprint density at radius 3 is 2.62 bits per heavy atom. The number of nitrogens with two attached hydrogens (primary N) is 1. The summed E-state index contributed by atoms with van der Waals surface area (Å²) in [7, 11) is 0. The fourth-order valence-electron chi connectivity index (χ4n) is 2.51. The van der Waals surface area contributed by atoms with Gasteiger partial charge in [-0.25, -0.2) is 0 Å². The van der Waals surface area contributed by atoms with Gasteiger partial charge in [0.2, 0.25) is 5.91 Å². The molecule has 2 rings (SSSR count). The summed E-state index contributed by atoms with van der Waals surface area (Å²) in [5.41, 5.74) is 5.31. The normalized spacial score (nSPS) is 17.4. The molecule has 0 saturated heterocycles. The molecule has 21 heavy (non-hydrogen) atoms. The zero-order valence-electron chi connectivity index (χ0n) is 12.7. The number of para-hydroxylation sites is 2. The van der Waals surface area contributed by atoms with Crippen LogP contribution in [0.5, 0.6) is 11.5 Å². The lowest BCUT2D eigenvalue weighted by Crippen LogP contribution is -2.49. The second kappa shape index (κ2) is 6.80. The monoisotopic (exact) mass is 292 g/mol. The Bertz CT molecular complexity index is 478. The SMILES string of the molecule is CCC(CC)(CN)C(=O)NCC1COc2ccccc2O1. The number of carbonyl (C=O) groups is 1. The van der Waals surface area contributed by atoms with Gasteiger partial charge >= 0.3 is 0 Å². The molecule has 3 N–H and O–H groups in total. The smallest absolute Gasteiger partial charge is 0.227 e. The van der Waals surface area contributed by atoms with Crippen LogP contribution in [0.25, 0.3) is 0 Å². The highest BCUT2D eigenvalue weighted by molar-refractivity contribution is 5.82. The number of nitrogens with one attached hydrogen (secondary N) is 1. The zero-order chi connectivity index (χ0) is 15.3. The van der Waals surface area contributed by atoms with Gasteiger partial charge in [0.05, 0.1) is 12.0 Å². The minimum atomic E-state index is -0.479. The number of ether oxygens (including phenoxy) is 2. The number of hydrogen-bond donors (Lipinski definition) is 2. The molecule has 0 saturated carbocycles. The van der Waals surface area contributed by atoms with Crippen molar-refractivity contribution >= 4 is 5.91 Å². The summed E-state index contributed by atoms with van der Waals surface area (Å²) in [6.45, 7) is 5.20. The van der Waals surface area contributed by atoms with Crippen LogP contribution in [0.3, 0.4) is 0 Å². The summed E-state index contributed by atoms with van der Waals surface area (Å²) in [6, 6.07) is 7.54. The summed E-state index contributed by atoms with van der Waals surface area (Å²) >= 11 is 0. The van der Waals surface area contributed by atoms with Crippen LogP contribution in [0, 0.1) is 5.41 Å². The molecule has 0 radical (unpaired) electrons. The van der Waals surface area contributed by atoms with Crippen LogP contribution < -0.4 is 20.5 Å². The molecule has 1 aliphatic rings. The van der Waals surface area contributed by atoms with Crippen LogP contribution in [0.2, 0.25) is 0 Å². The van der Waals surface area contributed by atoms with E-state index in [0.717, 1.165) is 24.3 Å². The molecule has 1 unspecified atom stereocenters. The molecule has 0 spiro atoms. The lowest BCUT2D eigenvalue weighted by molar-refractivity contribution is -0.131. The third-order valence-electron chi connectivity index (χ3n) is 4.28. The molecule has 1 amide bonds. The van der Waals surface area contributed by atoms with E-state index in [4.69, 9.17) is 15.2 Å². The predicted octanol–water partition coefficient (Wildman–Crippen LogP) is 1.71. The molecule has 1 atom stereocenters. The highest BCUT2D eigenvalue weighted by Gasteiger charge is 2.34. The molecule has 0 aliphatic carbocycles. The number of benzene rings is 1. The minimum Gasteiger partial charge on any atom is -0.486 e. The molecule has 5 nitrogen and oxygen atoms in total. The van der Waals surface area contributed by atoms with Crippen LogP contribution in [0.15, 0.2) is 24.3 Å². The van der Waals surface area contributed by atoms with E-state index >= 15 is 0 Å². The van der Waals surface area contributed by atoms with Crippen molar-refractivity contribution in [3.05, 3.63) is 24.3 Å². The quantitative estimate of drug-likeness (QED) is 0.837. The van der Waals surface area contributed by atoms with E-state index in [1.54, 1.807) is 0 Å². The average Bonchev–Trinajstić information content (AvgIpc) is 2.55. The molecule has 0 bridgehead atoms. The zero-order valence-corrected chi connectivity index (χ0v) is 12.7. The number of fused-ring (bicyclic) bond motifs is 1. The van der Waals surface area contributed by atoms with Crippen molar-refractivity contribution in [2.45, 2.75) is 32.8 Å². The maximum absolute atomic E-state index is 12.4. The number of hydrogen-bond acceptors (Lipinski definition) is 4. The van der Waals surface area contributed by atoms with Crippen molar-refractivity contribution in [1.82, 2.24) is 5.32 Å². The molecule has 5 heteroatoms. The van der Waals surface area contributed by atoms with Gasteiger partial charge in [0.1, 0.15) is 12.7 Å². The molecule has 1 aromatic rings. The van der Waals surface area contributed by atoms with Gasteiger partial charge in [0.15, 0.2) is 11.5 Å². The van der Waals surface area contributed by atoms with E-state index in [-0.39, 0.29) is 12.0 Å². The highest BCUT2D eigenvalue weighted by atomic mass is 16.6. The topological polar surface area (TPSA) is 73.6 Å². The van der Waals surface area contributed by atoms with E-state index in [1.807, 2.05) is 38.1 Å². The van der Waals surface area contributed by atoms with Crippen molar-refractivity contribution in [3.8, 4) is 11.5 Å². The summed E-state index contributed by atoms with van der Waals surface area (Å²) in [6.07, 6.45) is 1.29. The average molecular weight is 292 g/mol. The maximum atomic E-state index is 12.4. The first-order chi connectivity index (χ1) is 10.1. The predicted molar refractivity (Wildman–Crippen MR) is 81.4 cm³/mol. The molecule has 0 aromatic heterocycles. The van der Waals surface area contributed by atoms with E-state index in [0.29, 0.717) is 19.7 Å². The Balaban J connectivity index is 1.91. The van der Waals surface area contributed by atoms with E-state index in [1.165, 1.54) is 0 Å². The minimum absolute atomic E-state index is 0.00235. The van der Waals surface area contributed by atoms with Crippen molar-refractivity contribution < 1.29 is 14.3 Å². The third-order valence-corrected chi connectivity index (χ3v) is 4.28. The first kappa shape index (κ1) is 15.6. The molecular formula is C16H24N2O3. The molecule has 0 fully saturated rings. The van der Waals surface area contributed by atoms with E-state index in [2.05, 4.69) is 5.32 Å². The van der Waals surface area contributed by atoms with Gasteiger partial charge in [-0.15, -0.1) is 0 Å². The molecule has 1 heterocycles. The Hall–Kier alpha value is -1.75. The fraction of sp³-hybridized carbons (Fsp3) is 0.562. The third kappa shape index (κ3) is 3.29. The summed E-state index contributed by atoms with van der Waals surface area (Å²) in [5, 5.41) is 2.95. The molecule has 1 aliphatic heterocycles. The Labute approximate surface area is 125 Å². The van der Waals surface area contributed by atoms with Crippen LogP contribution in [0.4, 0.5) is 0 Å². The largest absolute Gasteiger partial charge is 0.486 e. The van der Waals surface area contributed by atoms with Gasteiger partial charge < -0.3 is 20.5 Å². The Morgan fingerprint density at radius 2 is 2.00 bits per heavy atom. The second-order valence-electron chi connectivity index (χ2n) is 5.40. The fourth-order valence-corrected chi connectivity index (χ4v) is 2.51. The Morgan fingerprint density at radius 1 is 1.33 bits per heavy atom. The van der Waals surface area contributed by atoms with Crippen LogP contribution in [0.1, 0.15) is 26.7 Å². The van der Waals surface area contributed by atoms with Gasteiger partial charge in [-0.2, -0.15) is 0 Å². The highest BCUT2D eigenvalue weighted by Crippen LogP contribution is 2.31. The van der Waals surface area contributed by atoms with Crippen LogP contribution in [-0.4, -0.2) is 31.7 Å².